The predicted molar refractivity (Wildman–Crippen MR) is 76.2 cm³/mol. The molecule has 0 N–H and O–H groups in total. The van der Waals surface area contributed by atoms with E-state index in [2.05, 4.69) is 28.9 Å². The minimum Gasteiger partial charge on any atom is -0.302 e. The smallest absolute Gasteiger partial charge is 0.135 e. The number of likely N-dealkylation sites (N-methyl/N-ethyl adjacent to an activating group) is 2. The average molecular weight is 288 g/mol. The largest absolute Gasteiger partial charge is 0.302 e. The number of rotatable bonds is 4. The van der Waals surface area contributed by atoms with Crippen molar-refractivity contribution >= 4 is 23.2 Å². The number of halogens is 2. The molecule has 1 fully saturated rings. The second kappa shape index (κ2) is 6.20. The summed E-state index contributed by atoms with van der Waals surface area (Å²) in [6.45, 7) is 3.09. The molecule has 1 atom stereocenters. The first kappa shape index (κ1) is 14.1. The number of likely N-dealkylation sites (tertiary alicyclic amines) is 1. The van der Waals surface area contributed by atoms with Gasteiger partial charge in [-0.15, -0.1) is 0 Å². The zero-order valence-corrected chi connectivity index (χ0v) is 12.4. The Kier molecular flexibility index (Phi) is 4.84. The maximum Gasteiger partial charge on any atom is 0.135 e. The molecule has 1 aromatic rings. The lowest BCUT2D eigenvalue weighted by Crippen LogP contribution is -2.36. The van der Waals surface area contributed by atoms with Crippen LogP contribution in [-0.4, -0.2) is 48.0 Å². The van der Waals surface area contributed by atoms with Crippen molar-refractivity contribution in [2.24, 2.45) is 0 Å². The molecule has 0 radical (unpaired) electrons. The van der Waals surface area contributed by atoms with Crippen LogP contribution in [0.4, 0.5) is 0 Å². The van der Waals surface area contributed by atoms with E-state index in [0.29, 0.717) is 16.3 Å². The highest BCUT2D eigenvalue weighted by Crippen LogP contribution is 2.20. The molecule has 18 heavy (non-hydrogen) atoms. The van der Waals surface area contributed by atoms with Gasteiger partial charge >= 0.3 is 0 Å². The monoisotopic (exact) mass is 287 g/mol. The highest BCUT2D eigenvalue weighted by atomic mass is 35.5. The molecule has 1 aromatic heterocycles. The quantitative estimate of drug-likeness (QED) is 0.794. The van der Waals surface area contributed by atoms with Gasteiger partial charge in [0.15, 0.2) is 0 Å². The normalized spacial score (nSPS) is 20.8. The molecule has 0 aliphatic carbocycles. The summed E-state index contributed by atoms with van der Waals surface area (Å²) < 4.78 is 0. The lowest BCUT2D eigenvalue weighted by atomic mass is 10.2. The fourth-order valence-electron chi connectivity index (χ4n) is 2.48. The van der Waals surface area contributed by atoms with Crippen molar-refractivity contribution < 1.29 is 0 Å². The van der Waals surface area contributed by atoms with Crippen molar-refractivity contribution in [1.29, 1.82) is 0 Å². The van der Waals surface area contributed by atoms with Gasteiger partial charge < -0.3 is 9.80 Å². The van der Waals surface area contributed by atoms with Gasteiger partial charge in [0.2, 0.25) is 0 Å². The number of hydrogen-bond acceptors (Lipinski definition) is 3. The zero-order chi connectivity index (χ0) is 13.1. The summed E-state index contributed by atoms with van der Waals surface area (Å²) in [5.74, 6) is 0. The van der Waals surface area contributed by atoms with Gasteiger partial charge in [-0.1, -0.05) is 29.3 Å². The maximum atomic E-state index is 6.09. The van der Waals surface area contributed by atoms with E-state index < -0.39 is 0 Å². The number of nitrogens with zero attached hydrogens (tertiary/aromatic N) is 3. The van der Waals surface area contributed by atoms with E-state index in [9.17, 15) is 0 Å². The van der Waals surface area contributed by atoms with Crippen LogP contribution in [0.5, 0.6) is 0 Å². The first-order valence-corrected chi connectivity index (χ1v) is 7.01. The Morgan fingerprint density at radius 2 is 2.22 bits per heavy atom. The van der Waals surface area contributed by atoms with Crippen LogP contribution in [0, 0.1) is 0 Å². The van der Waals surface area contributed by atoms with Crippen LogP contribution in [-0.2, 0) is 6.54 Å². The van der Waals surface area contributed by atoms with E-state index in [4.69, 9.17) is 23.2 Å². The summed E-state index contributed by atoms with van der Waals surface area (Å²) in [4.78, 5) is 8.79. The van der Waals surface area contributed by atoms with Gasteiger partial charge in [0.25, 0.3) is 0 Å². The number of aromatic nitrogens is 1. The van der Waals surface area contributed by atoms with E-state index in [-0.39, 0.29) is 0 Å². The average Bonchev–Trinajstić information content (AvgIpc) is 2.69. The van der Waals surface area contributed by atoms with Crippen LogP contribution in [0.2, 0.25) is 10.3 Å². The zero-order valence-electron chi connectivity index (χ0n) is 10.9. The lowest BCUT2D eigenvalue weighted by Gasteiger charge is -2.25. The number of hydrogen-bond donors (Lipinski definition) is 0. The molecule has 0 aromatic carbocycles. The lowest BCUT2D eigenvalue weighted by molar-refractivity contribution is 0.215. The van der Waals surface area contributed by atoms with Gasteiger partial charge in [0, 0.05) is 24.7 Å². The summed E-state index contributed by atoms with van der Waals surface area (Å²) in [7, 11) is 4.32. The van der Waals surface area contributed by atoms with Crippen molar-refractivity contribution in [1.82, 2.24) is 14.8 Å². The minimum absolute atomic E-state index is 0.446. The van der Waals surface area contributed by atoms with Crippen LogP contribution in [0.25, 0.3) is 0 Å². The van der Waals surface area contributed by atoms with E-state index in [0.717, 1.165) is 18.7 Å². The Morgan fingerprint density at radius 1 is 1.44 bits per heavy atom. The van der Waals surface area contributed by atoms with Gasteiger partial charge in [-0.2, -0.15) is 0 Å². The highest BCUT2D eigenvalue weighted by Gasteiger charge is 2.22. The molecule has 1 unspecified atom stereocenters. The van der Waals surface area contributed by atoms with Crippen LogP contribution in [0.1, 0.15) is 18.4 Å². The fraction of sp³-hybridized carbons (Fsp3) is 0.615. The minimum atomic E-state index is 0.446. The molecule has 2 heterocycles. The molecular weight excluding hydrogens is 269 g/mol. The number of pyridine rings is 1. The van der Waals surface area contributed by atoms with E-state index in [1.807, 2.05) is 6.07 Å². The van der Waals surface area contributed by atoms with Gasteiger partial charge in [0.1, 0.15) is 10.3 Å². The molecule has 0 amide bonds. The molecule has 0 spiro atoms. The van der Waals surface area contributed by atoms with Gasteiger partial charge in [-0.3, -0.25) is 0 Å². The second-order valence-corrected chi connectivity index (χ2v) is 5.80. The SMILES string of the molecule is CN(Cc1ccc(Cl)nc1Cl)CC1CCCN1C. The molecule has 1 aliphatic rings. The summed E-state index contributed by atoms with van der Waals surface area (Å²) in [5, 5.41) is 0.955. The first-order valence-electron chi connectivity index (χ1n) is 6.26. The molecule has 2 rings (SSSR count). The van der Waals surface area contributed by atoms with E-state index in [1.165, 1.54) is 19.4 Å². The van der Waals surface area contributed by atoms with Crippen molar-refractivity contribution in [3.8, 4) is 0 Å². The first-order chi connectivity index (χ1) is 8.56. The van der Waals surface area contributed by atoms with Gasteiger partial charge in [-0.05, 0) is 39.5 Å². The van der Waals surface area contributed by atoms with Gasteiger partial charge in [-0.25, -0.2) is 4.98 Å². The maximum absolute atomic E-state index is 6.09. The summed E-state index contributed by atoms with van der Waals surface area (Å²) in [6, 6.07) is 4.40. The molecule has 5 heteroatoms. The third-order valence-electron chi connectivity index (χ3n) is 3.53. The fourth-order valence-corrected chi connectivity index (χ4v) is 2.89. The Hall–Kier alpha value is -0.350. The van der Waals surface area contributed by atoms with Crippen LogP contribution in [0.3, 0.4) is 0 Å². The van der Waals surface area contributed by atoms with E-state index in [1.54, 1.807) is 6.07 Å². The van der Waals surface area contributed by atoms with Crippen molar-refractivity contribution in [3.63, 3.8) is 0 Å². The highest BCUT2D eigenvalue weighted by molar-refractivity contribution is 6.32. The molecule has 0 bridgehead atoms. The second-order valence-electron chi connectivity index (χ2n) is 5.06. The third kappa shape index (κ3) is 3.58. The molecule has 100 valence electrons. The van der Waals surface area contributed by atoms with Gasteiger partial charge in [0.05, 0.1) is 0 Å². The van der Waals surface area contributed by atoms with Crippen molar-refractivity contribution in [2.75, 3.05) is 27.2 Å². The van der Waals surface area contributed by atoms with Crippen molar-refractivity contribution in [3.05, 3.63) is 28.0 Å². The molecule has 1 aliphatic heterocycles. The predicted octanol–water partition coefficient (Wildman–Crippen LogP) is 2.91. The molecule has 1 saturated heterocycles. The molecular formula is C13H19Cl2N3. The topological polar surface area (TPSA) is 19.4 Å². The molecule has 3 nitrogen and oxygen atoms in total. The van der Waals surface area contributed by atoms with Crippen LogP contribution < -0.4 is 0 Å². The van der Waals surface area contributed by atoms with Crippen LogP contribution in [0.15, 0.2) is 12.1 Å². The standard InChI is InChI=1S/C13H19Cl2N3/c1-17(9-11-4-3-7-18(11)2)8-10-5-6-12(14)16-13(10)15/h5-6,11H,3-4,7-9H2,1-2H3. The Morgan fingerprint density at radius 3 is 2.83 bits per heavy atom. The third-order valence-corrected chi connectivity index (χ3v) is 4.06. The molecule has 0 saturated carbocycles. The summed E-state index contributed by atoms with van der Waals surface area (Å²) in [5.41, 5.74) is 1.03. The summed E-state index contributed by atoms with van der Waals surface area (Å²) >= 11 is 11.9. The Balaban J connectivity index is 1.92. The van der Waals surface area contributed by atoms with Crippen molar-refractivity contribution in [2.45, 2.75) is 25.4 Å². The summed E-state index contributed by atoms with van der Waals surface area (Å²) in [6.07, 6.45) is 2.59. The van der Waals surface area contributed by atoms with E-state index >= 15 is 0 Å². The van der Waals surface area contributed by atoms with Crippen LogP contribution >= 0.6 is 23.2 Å². The Bertz CT molecular complexity index is 411. The Labute approximate surface area is 119 Å².